The molecule has 1 aromatic carbocycles. The fourth-order valence-electron chi connectivity index (χ4n) is 4.20. The first-order chi connectivity index (χ1) is 12.0. The van der Waals surface area contributed by atoms with Gasteiger partial charge in [-0.1, -0.05) is 29.3 Å². The van der Waals surface area contributed by atoms with Crippen molar-refractivity contribution >= 4 is 29.1 Å². The molecule has 0 radical (unpaired) electrons. The molecule has 6 heteroatoms. The molecule has 1 aromatic rings. The van der Waals surface area contributed by atoms with E-state index in [1.807, 2.05) is 30.0 Å². The third-order valence-electron chi connectivity index (χ3n) is 5.89. The SMILES string of the molecule is CC1(C2CCN(C(=O)C3CC3c3ccc(Cl)c(Cl)c3)CC2)OCCO1. The summed E-state index contributed by atoms with van der Waals surface area (Å²) < 4.78 is 11.6. The van der Waals surface area contributed by atoms with Gasteiger partial charge in [-0.2, -0.15) is 0 Å². The third-order valence-corrected chi connectivity index (χ3v) is 6.63. The molecule has 0 N–H and O–H groups in total. The van der Waals surface area contributed by atoms with Gasteiger partial charge < -0.3 is 14.4 Å². The van der Waals surface area contributed by atoms with Crippen LogP contribution < -0.4 is 0 Å². The number of hydrogen-bond donors (Lipinski definition) is 0. The largest absolute Gasteiger partial charge is 0.348 e. The van der Waals surface area contributed by atoms with Crippen LogP contribution in [0.3, 0.4) is 0 Å². The van der Waals surface area contributed by atoms with Gasteiger partial charge >= 0.3 is 0 Å². The Labute approximate surface area is 158 Å². The van der Waals surface area contributed by atoms with E-state index in [0.29, 0.717) is 29.2 Å². The van der Waals surface area contributed by atoms with E-state index in [4.69, 9.17) is 32.7 Å². The minimum absolute atomic E-state index is 0.0864. The van der Waals surface area contributed by atoms with Crippen molar-refractivity contribution in [1.29, 1.82) is 0 Å². The minimum atomic E-state index is -0.461. The lowest BCUT2D eigenvalue weighted by atomic mass is 9.89. The lowest BCUT2D eigenvalue weighted by molar-refractivity contribution is -0.191. The number of amides is 1. The Balaban J connectivity index is 1.33. The van der Waals surface area contributed by atoms with Gasteiger partial charge in [-0.3, -0.25) is 4.79 Å². The van der Waals surface area contributed by atoms with Crippen LogP contribution in [0.25, 0.3) is 0 Å². The number of ether oxygens (including phenoxy) is 2. The zero-order chi connectivity index (χ0) is 17.6. The maximum atomic E-state index is 12.8. The summed E-state index contributed by atoms with van der Waals surface area (Å²) in [5.41, 5.74) is 1.11. The molecule has 2 saturated heterocycles. The lowest BCUT2D eigenvalue weighted by Crippen LogP contribution is -2.46. The molecule has 1 saturated carbocycles. The number of benzene rings is 1. The van der Waals surface area contributed by atoms with Gasteiger partial charge in [-0.25, -0.2) is 0 Å². The lowest BCUT2D eigenvalue weighted by Gasteiger charge is -2.39. The second-order valence-corrected chi connectivity index (χ2v) is 8.25. The molecule has 2 unspecified atom stereocenters. The van der Waals surface area contributed by atoms with E-state index in [9.17, 15) is 4.79 Å². The minimum Gasteiger partial charge on any atom is -0.348 e. The van der Waals surface area contributed by atoms with Gasteiger partial charge in [0.2, 0.25) is 5.91 Å². The van der Waals surface area contributed by atoms with Crippen LogP contribution in [0.1, 0.15) is 37.7 Å². The molecule has 2 aliphatic heterocycles. The van der Waals surface area contributed by atoms with Crippen LogP contribution in [-0.2, 0) is 14.3 Å². The molecular weight excluding hydrogens is 361 g/mol. The van der Waals surface area contributed by atoms with Crippen molar-refractivity contribution in [2.24, 2.45) is 11.8 Å². The average molecular weight is 384 g/mol. The van der Waals surface area contributed by atoms with Crippen molar-refractivity contribution in [3.63, 3.8) is 0 Å². The number of nitrogens with zero attached hydrogens (tertiary/aromatic N) is 1. The third kappa shape index (κ3) is 3.42. The summed E-state index contributed by atoms with van der Waals surface area (Å²) in [5, 5.41) is 1.11. The Morgan fingerprint density at radius 3 is 2.48 bits per heavy atom. The van der Waals surface area contributed by atoms with Crippen molar-refractivity contribution in [3.05, 3.63) is 33.8 Å². The number of rotatable bonds is 3. The van der Waals surface area contributed by atoms with Gasteiger partial charge in [-0.05, 0) is 49.8 Å². The molecule has 4 rings (SSSR count). The van der Waals surface area contributed by atoms with Crippen molar-refractivity contribution in [2.45, 2.75) is 37.9 Å². The summed E-state index contributed by atoms with van der Waals surface area (Å²) in [6, 6.07) is 5.69. The maximum absolute atomic E-state index is 12.8. The normalized spacial score (nSPS) is 29.0. The number of carbonyl (C=O) groups excluding carboxylic acids is 1. The maximum Gasteiger partial charge on any atom is 0.226 e. The van der Waals surface area contributed by atoms with Crippen LogP contribution in [0.4, 0.5) is 0 Å². The molecule has 3 fully saturated rings. The molecule has 0 aromatic heterocycles. The second kappa shape index (κ2) is 6.73. The molecule has 2 heterocycles. The number of likely N-dealkylation sites (tertiary alicyclic amines) is 1. The number of piperidine rings is 1. The van der Waals surface area contributed by atoms with Gasteiger partial charge in [-0.15, -0.1) is 0 Å². The predicted octanol–water partition coefficient (Wildman–Crippen LogP) is 4.10. The van der Waals surface area contributed by atoms with Crippen molar-refractivity contribution in [2.75, 3.05) is 26.3 Å². The van der Waals surface area contributed by atoms with Crippen LogP contribution in [0.15, 0.2) is 18.2 Å². The van der Waals surface area contributed by atoms with Gasteiger partial charge in [0, 0.05) is 24.9 Å². The Morgan fingerprint density at radius 1 is 1.16 bits per heavy atom. The van der Waals surface area contributed by atoms with Crippen LogP contribution in [0.5, 0.6) is 0 Å². The molecule has 1 amide bonds. The summed E-state index contributed by atoms with van der Waals surface area (Å²) in [6.07, 6.45) is 2.78. The highest BCUT2D eigenvalue weighted by molar-refractivity contribution is 6.42. The average Bonchev–Trinajstić information content (AvgIpc) is 3.30. The number of carbonyl (C=O) groups is 1. The summed E-state index contributed by atoms with van der Waals surface area (Å²) in [4.78, 5) is 14.8. The van der Waals surface area contributed by atoms with Crippen LogP contribution in [0, 0.1) is 11.8 Å². The van der Waals surface area contributed by atoms with Crippen molar-refractivity contribution < 1.29 is 14.3 Å². The number of hydrogen-bond acceptors (Lipinski definition) is 3. The number of halogens is 2. The van der Waals surface area contributed by atoms with E-state index >= 15 is 0 Å². The van der Waals surface area contributed by atoms with E-state index in [1.54, 1.807) is 0 Å². The van der Waals surface area contributed by atoms with Gasteiger partial charge in [0.1, 0.15) is 0 Å². The molecule has 0 bridgehead atoms. The van der Waals surface area contributed by atoms with E-state index in [2.05, 4.69) is 0 Å². The molecular formula is C19H23Cl2NO3. The highest BCUT2D eigenvalue weighted by Crippen LogP contribution is 2.50. The summed E-state index contributed by atoms with van der Waals surface area (Å²) in [6.45, 7) is 4.95. The molecule has 2 atom stereocenters. The molecule has 4 nitrogen and oxygen atoms in total. The van der Waals surface area contributed by atoms with E-state index in [-0.39, 0.29) is 17.7 Å². The highest BCUT2D eigenvalue weighted by Gasteiger charge is 2.48. The van der Waals surface area contributed by atoms with E-state index in [1.165, 1.54) is 0 Å². The molecule has 0 spiro atoms. The van der Waals surface area contributed by atoms with Gasteiger partial charge in [0.05, 0.1) is 23.3 Å². The molecule has 25 heavy (non-hydrogen) atoms. The Kier molecular flexibility index (Phi) is 4.74. The fourth-order valence-corrected chi connectivity index (χ4v) is 4.51. The first-order valence-corrected chi connectivity index (χ1v) is 9.75. The molecule has 1 aliphatic carbocycles. The van der Waals surface area contributed by atoms with Crippen LogP contribution in [0.2, 0.25) is 10.0 Å². The van der Waals surface area contributed by atoms with E-state index < -0.39 is 5.79 Å². The van der Waals surface area contributed by atoms with Crippen LogP contribution in [-0.4, -0.2) is 42.9 Å². The quantitative estimate of drug-likeness (QED) is 0.788. The fraction of sp³-hybridized carbons (Fsp3) is 0.632. The first kappa shape index (κ1) is 17.6. The predicted molar refractivity (Wildman–Crippen MR) is 96.9 cm³/mol. The monoisotopic (exact) mass is 383 g/mol. The molecule has 136 valence electrons. The van der Waals surface area contributed by atoms with Gasteiger partial charge in [0.25, 0.3) is 0 Å². The Bertz CT molecular complexity index is 667. The van der Waals surface area contributed by atoms with Crippen molar-refractivity contribution in [3.8, 4) is 0 Å². The smallest absolute Gasteiger partial charge is 0.226 e. The molecule has 3 aliphatic rings. The highest BCUT2D eigenvalue weighted by atomic mass is 35.5. The first-order valence-electron chi connectivity index (χ1n) is 8.99. The van der Waals surface area contributed by atoms with Crippen molar-refractivity contribution in [1.82, 2.24) is 4.90 Å². The zero-order valence-corrected chi connectivity index (χ0v) is 15.9. The topological polar surface area (TPSA) is 38.8 Å². The van der Waals surface area contributed by atoms with Gasteiger partial charge in [0.15, 0.2) is 5.79 Å². The Hall–Kier alpha value is -0.810. The second-order valence-electron chi connectivity index (χ2n) is 7.43. The zero-order valence-electron chi connectivity index (χ0n) is 14.3. The van der Waals surface area contributed by atoms with Crippen LogP contribution >= 0.6 is 23.2 Å². The van der Waals surface area contributed by atoms with E-state index in [0.717, 1.165) is 37.9 Å². The summed E-state index contributed by atoms with van der Waals surface area (Å²) in [5.74, 6) is 0.538. The Morgan fingerprint density at radius 2 is 1.84 bits per heavy atom. The summed E-state index contributed by atoms with van der Waals surface area (Å²) >= 11 is 12.1. The summed E-state index contributed by atoms with van der Waals surface area (Å²) in [7, 11) is 0. The standard InChI is InChI=1S/C19H23Cl2NO3/c1-19(24-8-9-25-19)13-4-6-22(7-5-13)18(23)15-11-14(15)12-2-3-16(20)17(21)10-12/h2-3,10,13-15H,4-9,11H2,1H3.